The average Bonchev–Trinajstić information content (AvgIpc) is 1.36. The third-order valence-electron chi connectivity index (χ3n) is 24.8. The van der Waals surface area contributed by atoms with Crippen molar-refractivity contribution in [2.75, 3.05) is 239 Å². The number of methoxy groups -OCH3 is 3. The number of morpholine rings is 1. The number of amides is 2. The predicted octanol–water partition coefficient (Wildman–Crippen LogP) is 17.0. The molecule has 6 aliphatic heterocycles. The van der Waals surface area contributed by atoms with E-state index in [9.17, 15) is 18.5 Å². The molecular weight excluding hydrogens is 1770 g/mol. The van der Waals surface area contributed by atoms with Crippen molar-refractivity contribution in [3.05, 3.63) is 155 Å². The molecule has 0 atom stereocenters. The number of anilines is 15. The highest BCUT2D eigenvalue weighted by Gasteiger charge is 2.34. The molecular formula is C94H127Cl3N21O9P3. The number of hydrogen-bond donors (Lipinski definition) is 7. The van der Waals surface area contributed by atoms with Gasteiger partial charge in [-0.2, -0.15) is 15.0 Å². The van der Waals surface area contributed by atoms with Crippen LogP contribution in [0.4, 0.5) is 91.3 Å². The summed E-state index contributed by atoms with van der Waals surface area (Å²) in [5.41, 5.74) is 7.72. The molecule has 30 nitrogen and oxygen atoms in total. The van der Waals surface area contributed by atoms with Crippen LogP contribution in [0.25, 0.3) is 0 Å². The Bertz CT molecular complexity index is 5470. The summed E-state index contributed by atoms with van der Waals surface area (Å²) < 4.78 is 67.0. The minimum Gasteiger partial charge on any atom is -0.495 e. The summed E-state index contributed by atoms with van der Waals surface area (Å²) in [5, 5.41) is 25.8. The lowest BCUT2D eigenvalue weighted by molar-refractivity contribution is 0.0115. The third kappa shape index (κ3) is 25.9. The molecule has 9 heterocycles. The van der Waals surface area contributed by atoms with Gasteiger partial charge in [0.25, 0.3) is 0 Å². The number of rotatable bonds is 29. The summed E-state index contributed by atoms with van der Waals surface area (Å²) in [6, 6.07) is 40.8. The van der Waals surface area contributed by atoms with Crippen molar-refractivity contribution in [2.45, 2.75) is 96.4 Å². The van der Waals surface area contributed by atoms with Gasteiger partial charge in [0.15, 0.2) is 17.5 Å². The molecule has 1 aliphatic carbocycles. The largest absolute Gasteiger partial charge is 0.495 e. The number of halogens is 3. The van der Waals surface area contributed by atoms with E-state index < -0.39 is 21.4 Å². The number of carbonyl (C=O) groups is 1. The van der Waals surface area contributed by atoms with Crippen molar-refractivity contribution in [3.63, 3.8) is 0 Å². The van der Waals surface area contributed by atoms with Gasteiger partial charge >= 0.3 is 6.03 Å². The Morgan fingerprint density at radius 1 is 0.431 bits per heavy atom. The number of ether oxygens (including phenoxy) is 5. The molecule has 7 N–H and O–H groups in total. The van der Waals surface area contributed by atoms with Crippen LogP contribution in [0.5, 0.6) is 23.0 Å². The van der Waals surface area contributed by atoms with Crippen LogP contribution in [0, 0.1) is 5.92 Å². The molecule has 7 aliphatic rings. The summed E-state index contributed by atoms with van der Waals surface area (Å²) >= 11 is 19.4. The van der Waals surface area contributed by atoms with E-state index in [0.717, 1.165) is 173 Å². The van der Waals surface area contributed by atoms with Crippen LogP contribution in [0.2, 0.25) is 15.1 Å². The molecule has 1 saturated carbocycles. The number of piperazine rings is 2. The zero-order valence-electron chi connectivity index (χ0n) is 76.9. The Morgan fingerprint density at radius 3 is 1.18 bits per heavy atom. The number of benzene rings is 6. The van der Waals surface area contributed by atoms with E-state index in [1.54, 1.807) is 73.6 Å². The predicted molar refractivity (Wildman–Crippen MR) is 533 cm³/mol. The molecule has 0 spiro atoms. The van der Waals surface area contributed by atoms with Crippen molar-refractivity contribution >= 4 is 165 Å². The van der Waals surface area contributed by atoms with E-state index in [0.29, 0.717) is 109 Å². The van der Waals surface area contributed by atoms with Gasteiger partial charge in [0.05, 0.1) is 93.4 Å². The zero-order valence-corrected chi connectivity index (χ0v) is 81.8. The number of piperidine rings is 3. The Hall–Kier alpha value is -9.41. The van der Waals surface area contributed by atoms with Gasteiger partial charge in [0.2, 0.25) is 17.8 Å². The first-order chi connectivity index (χ1) is 62.5. The van der Waals surface area contributed by atoms with Gasteiger partial charge in [-0.15, -0.1) is 0 Å². The van der Waals surface area contributed by atoms with Gasteiger partial charge in [-0.05, 0) is 197 Å². The highest BCUT2D eigenvalue weighted by Crippen LogP contribution is 2.45. The van der Waals surface area contributed by atoms with Gasteiger partial charge in [-0.3, -0.25) is 14.7 Å². The molecule has 698 valence electrons. The van der Waals surface area contributed by atoms with E-state index in [-0.39, 0.29) is 12.1 Å². The number of nitrogens with one attached hydrogen (secondary N) is 7. The molecule has 9 aromatic rings. The topological polar surface area (TPSA) is 302 Å². The standard InChI is InChI=1S/C34H47ClN7O2P.C31H42ClN8O3P.C29H38ClN6O4P/c1-24(2)44-31-21-27(41-15-13-26(14-16-41)42-19-17-40(18-20-42)23-25-9-10-25)11-12-29(31)38-34-36-22-28(35)33(39-34)37-30-7-5-6-8-32(30)45(3,4)43;1-5-33-31(41)40-18-16-39(17-19-40)22-12-14-38(15-13-22)23-10-11-25(27(20-23)43-2)36-30-34-21-24(32)29(37-30)35-26-8-6-7-9-28(26)44(3,4)42;1-38-26-17-21(35-11-9-20(10-12-35)36-13-15-40-16-14-36)5-7-25(26)33-29-31-19-23(30)28(34-29)32-24-8-6-22(41(3,4)37)18-27(24)39-2/h5-8,11-12,21-22,24-26H,9-10,13-20,23H2,1-4H3,(H2,36,37,38,39);6-11,20-22H,5,12-19H2,1-4H3,(H,33,41)(H2,34,35,36,37);5-8,17-20H,9-16H2,1-4H3,(H2,31,32,33,34). The van der Waals surface area contributed by atoms with Gasteiger partial charge < -0.3 is 99.1 Å². The first-order valence-corrected chi connectivity index (χ1v) is 54.2. The lowest BCUT2D eigenvalue weighted by Gasteiger charge is -2.43. The fraction of sp³-hybridized carbons (Fsp3) is 0.479. The van der Waals surface area contributed by atoms with Gasteiger partial charge in [-0.25, -0.2) is 19.7 Å². The minimum absolute atomic E-state index is 0.00348. The van der Waals surface area contributed by atoms with Gasteiger partial charge in [0, 0.05) is 187 Å². The summed E-state index contributed by atoms with van der Waals surface area (Å²) in [6.07, 6.45) is 14.3. The first-order valence-electron chi connectivity index (χ1n) is 45.2. The molecule has 0 unspecified atom stereocenters. The van der Waals surface area contributed by atoms with Crippen LogP contribution in [0.15, 0.2) is 140 Å². The SMILES string of the molecule is CC(C)Oc1cc(N2CCC(N3CCN(CC4CC4)CC3)CC2)ccc1Nc1ncc(Cl)c(Nc2ccccc2P(C)(C)=O)n1.CCNC(=O)N1CCN(C2CCN(c3ccc(Nc4ncc(Cl)c(Nc5ccccc5P(C)(C)=O)n4)c(OC)c3)CC2)CC1.COc1cc(N2CCC(N3CCOCC3)CC2)ccc1Nc1ncc(Cl)c(Nc2ccc(P(C)(C)=O)cc2OC)n1. The molecule has 3 aromatic heterocycles. The molecule has 7 fully saturated rings. The van der Waals surface area contributed by atoms with Crippen molar-refractivity contribution in [1.82, 2.24) is 59.7 Å². The fourth-order valence-corrected chi connectivity index (χ4v) is 21.2. The highest BCUT2D eigenvalue weighted by molar-refractivity contribution is 7.71. The summed E-state index contributed by atoms with van der Waals surface area (Å²) in [5.74, 6) is 6.01. The van der Waals surface area contributed by atoms with Crippen LogP contribution >= 0.6 is 56.2 Å². The summed E-state index contributed by atoms with van der Waals surface area (Å²) in [7, 11) is -2.60. The normalized spacial score (nSPS) is 17.4. The third-order valence-corrected chi connectivity index (χ3v) is 30.3. The fourth-order valence-electron chi connectivity index (χ4n) is 17.6. The van der Waals surface area contributed by atoms with E-state index in [4.69, 9.17) is 58.5 Å². The van der Waals surface area contributed by atoms with Crippen molar-refractivity contribution in [2.24, 2.45) is 5.92 Å². The molecule has 0 radical (unpaired) electrons. The number of urea groups is 1. The quantitative estimate of drug-likeness (QED) is 0.0214. The smallest absolute Gasteiger partial charge is 0.317 e. The Balaban J connectivity index is 0.000000157. The van der Waals surface area contributed by atoms with Crippen LogP contribution < -0.4 is 86.8 Å². The number of nitrogens with zero attached hydrogens (tertiary/aromatic N) is 14. The average molecular weight is 1890 g/mol. The van der Waals surface area contributed by atoms with Crippen LogP contribution in [-0.2, 0) is 18.4 Å². The van der Waals surface area contributed by atoms with E-state index >= 15 is 0 Å². The Kier molecular flexibility index (Phi) is 33.0. The van der Waals surface area contributed by atoms with Gasteiger partial charge in [-0.1, -0.05) is 59.1 Å². The molecule has 36 heteroatoms. The molecule has 6 saturated heterocycles. The van der Waals surface area contributed by atoms with E-state index in [1.807, 2.05) is 111 Å². The zero-order chi connectivity index (χ0) is 91.8. The summed E-state index contributed by atoms with van der Waals surface area (Å²) in [6.45, 7) is 36.4. The number of para-hydroxylation sites is 2. The second-order valence-electron chi connectivity index (χ2n) is 35.4. The summed E-state index contributed by atoms with van der Waals surface area (Å²) in [4.78, 5) is 58.9. The van der Waals surface area contributed by atoms with E-state index in [2.05, 4.69) is 132 Å². The number of hydrogen-bond acceptors (Lipinski definition) is 28. The second kappa shape index (κ2) is 44.4. The van der Waals surface area contributed by atoms with Crippen molar-refractivity contribution in [3.8, 4) is 23.0 Å². The Labute approximate surface area is 780 Å². The molecule has 16 rings (SSSR count). The maximum absolute atomic E-state index is 12.9. The monoisotopic (exact) mass is 1890 g/mol. The first kappa shape index (κ1) is 96.6. The number of aromatic nitrogens is 6. The van der Waals surface area contributed by atoms with Crippen LogP contribution in [0.3, 0.4) is 0 Å². The van der Waals surface area contributed by atoms with E-state index in [1.165, 1.54) is 76.5 Å². The van der Waals surface area contributed by atoms with Crippen LogP contribution in [-0.4, -0.2) is 277 Å². The van der Waals surface area contributed by atoms with Gasteiger partial charge in [0.1, 0.15) is 59.5 Å². The lowest BCUT2D eigenvalue weighted by Crippen LogP contribution is -2.56. The molecule has 2 amide bonds. The maximum atomic E-state index is 12.9. The number of carbonyl (C=O) groups excluding carboxylic acids is 1. The molecule has 130 heavy (non-hydrogen) atoms. The van der Waals surface area contributed by atoms with Crippen molar-refractivity contribution < 1.29 is 42.2 Å². The Morgan fingerprint density at radius 2 is 0.792 bits per heavy atom. The van der Waals surface area contributed by atoms with Crippen LogP contribution in [0.1, 0.15) is 72.1 Å². The molecule has 0 bridgehead atoms. The maximum Gasteiger partial charge on any atom is 0.317 e. The minimum atomic E-state index is -2.52. The lowest BCUT2D eigenvalue weighted by atomic mass is 10.0. The van der Waals surface area contributed by atoms with Crippen molar-refractivity contribution in [1.29, 1.82) is 0 Å². The second-order valence-corrected chi connectivity index (χ2v) is 46.3. The molecule has 6 aromatic carbocycles. The highest BCUT2D eigenvalue weighted by atomic mass is 35.5.